The predicted octanol–water partition coefficient (Wildman–Crippen LogP) is 22.2. The fourth-order valence-electron chi connectivity index (χ4n) is 10.1. The summed E-state index contributed by atoms with van der Waals surface area (Å²) in [5, 5.41) is 4.46. The van der Waals surface area contributed by atoms with Gasteiger partial charge >= 0.3 is 0 Å². The van der Waals surface area contributed by atoms with Crippen LogP contribution in [0.5, 0.6) is 0 Å². The Labute approximate surface area is 495 Å². The van der Waals surface area contributed by atoms with Crippen molar-refractivity contribution in [2.24, 2.45) is 0 Å². The third-order valence-electron chi connectivity index (χ3n) is 14.2. The van der Waals surface area contributed by atoms with Crippen LogP contribution in [-0.4, -0.2) is 0 Å². The molecule has 12 rings (SSSR count). The number of nitrogens with two attached hydrogens (primary N) is 1. The summed E-state index contributed by atoms with van der Waals surface area (Å²) in [5.74, 6) is 0. The highest BCUT2D eigenvalue weighted by atomic mass is 35.5. The first-order valence-corrected chi connectivity index (χ1v) is 28.3. The second kappa shape index (κ2) is 27.3. The summed E-state index contributed by atoms with van der Waals surface area (Å²) in [5.41, 5.74) is 26.3. The number of hydrogen-bond acceptors (Lipinski definition) is 6. The first-order valence-electron chi connectivity index (χ1n) is 27.9. The summed E-state index contributed by atoms with van der Waals surface area (Å²) < 4.78 is 0. The molecule has 0 aliphatic rings. The summed E-state index contributed by atoms with van der Waals surface area (Å²) >= 11 is 6.73. The van der Waals surface area contributed by atoms with Crippen molar-refractivity contribution >= 4 is 96.9 Å². The molecule has 0 bridgehead atoms. The van der Waals surface area contributed by atoms with Gasteiger partial charge in [0, 0.05) is 79.0 Å². The van der Waals surface area contributed by atoms with Crippen LogP contribution in [0.3, 0.4) is 0 Å². The molecule has 0 saturated carbocycles. The Bertz CT molecular complexity index is 3550. The molecule has 12 aromatic carbocycles. The van der Waals surface area contributed by atoms with Crippen molar-refractivity contribution in [1.82, 2.24) is 0 Å². The average molecular weight is 1100 g/mol. The lowest BCUT2D eigenvalue weighted by atomic mass is 10.1. The molecule has 0 aliphatic heterocycles. The summed E-state index contributed by atoms with van der Waals surface area (Å²) in [4.78, 5) is 9.08. The largest absolute Gasteiger partial charge is 0.398 e. The Morgan fingerprint density at radius 2 is 0.470 bits per heavy atom. The number of nitrogens with one attached hydrogen (secondary N) is 1. The minimum Gasteiger partial charge on any atom is -0.398 e. The highest BCUT2D eigenvalue weighted by molar-refractivity contribution is 6.31. The highest BCUT2D eigenvalue weighted by Crippen LogP contribution is 2.45. The van der Waals surface area contributed by atoms with E-state index in [0.717, 1.165) is 96.4 Å². The minimum absolute atomic E-state index is 0.677. The van der Waals surface area contributed by atoms with E-state index in [9.17, 15) is 0 Å². The Kier molecular flexibility index (Phi) is 18.4. The molecule has 6 nitrogen and oxygen atoms in total. The van der Waals surface area contributed by atoms with Crippen LogP contribution < -0.4 is 30.7 Å². The molecule has 83 heavy (non-hydrogen) atoms. The van der Waals surface area contributed by atoms with Gasteiger partial charge in [-0.25, -0.2) is 0 Å². The lowest BCUT2D eigenvalue weighted by Crippen LogP contribution is -2.14. The Balaban J connectivity index is 0.000000164. The molecule has 0 heterocycles. The summed E-state index contributed by atoms with van der Waals surface area (Å²) in [6.45, 7) is 8.34. The zero-order valence-corrected chi connectivity index (χ0v) is 48.0. The van der Waals surface area contributed by atoms with E-state index in [0.29, 0.717) is 5.02 Å². The zero-order valence-electron chi connectivity index (χ0n) is 47.3. The standard InChI is InChI=1S/C38H33N3.C30H23ClN2.C8H11N/c1-29-16-15-17-30(2)38(29)39-31-26-36(40(32-18-7-3-8-19-32)33-20-9-4-10-21-33)28-37(27-31)41(34-22-11-5-12-23-34)35-24-13-6-14-25-35;31-24-21-29(32(25-13-5-1-6-14-25)26-15-7-2-8-16-26)23-30(22-24)33(27-17-9-3-10-18-27)28-19-11-4-12-20-28;1-6-4-3-5-7(2)8(6)9/h3-28,39H,1-2H3;1-23H;3-5H,9H2,1-2H3. The van der Waals surface area contributed by atoms with Crippen LogP contribution in [0.25, 0.3) is 0 Å². The Hall–Kier alpha value is -10.3. The van der Waals surface area contributed by atoms with E-state index in [4.69, 9.17) is 17.3 Å². The molecule has 408 valence electrons. The SMILES string of the molecule is Cc1cccc(C)c1N.Cc1cccc(C)c1Nc1cc(N(c2ccccc2)c2ccccc2)cc(N(c2ccccc2)c2ccccc2)c1.Clc1cc(N(c2ccccc2)c2ccccc2)cc(N(c2ccccc2)c2ccccc2)c1. The molecule has 0 aliphatic carbocycles. The van der Waals surface area contributed by atoms with Crippen molar-refractivity contribution < 1.29 is 0 Å². The molecule has 0 spiro atoms. The number of para-hydroxylation sites is 10. The zero-order chi connectivity index (χ0) is 57.3. The van der Waals surface area contributed by atoms with Crippen molar-refractivity contribution in [2.75, 3.05) is 30.7 Å². The van der Waals surface area contributed by atoms with Crippen molar-refractivity contribution in [1.29, 1.82) is 0 Å². The number of nitrogen functional groups attached to an aromatic ring is 1. The van der Waals surface area contributed by atoms with Gasteiger partial charge in [0.25, 0.3) is 0 Å². The summed E-state index contributed by atoms with van der Waals surface area (Å²) in [6, 6.07) is 109. The molecule has 0 unspecified atom stereocenters. The molecular weight excluding hydrogens is 1030 g/mol. The lowest BCUT2D eigenvalue weighted by Gasteiger charge is -2.30. The van der Waals surface area contributed by atoms with E-state index in [1.165, 1.54) is 11.1 Å². The molecule has 0 aromatic heterocycles. The molecule has 0 saturated heterocycles. The number of rotatable bonds is 14. The summed E-state index contributed by atoms with van der Waals surface area (Å²) in [6.07, 6.45) is 0. The van der Waals surface area contributed by atoms with E-state index in [-0.39, 0.29) is 0 Å². The third-order valence-corrected chi connectivity index (χ3v) is 14.4. The van der Waals surface area contributed by atoms with Gasteiger partial charge in [-0.05, 0) is 183 Å². The fourth-order valence-corrected chi connectivity index (χ4v) is 10.4. The maximum Gasteiger partial charge on any atom is 0.0503 e. The Morgan fingerprint density at radius 1 is 0.253 bits per heavy atom. The van der Waals surface area contributed by atoms with Crippen molar-refractivity contribution in [2.45, 2.75) is 27.7 Å². The van der Waals surface area contributed by atoms with Gasteiger partial charge in [-0.3, -0.25) is 0 Å². The molecule has 0 amide bonds. The van der Waals surface area contributed by atoms with Crippen molar-refractivity contribution in [3.05, 3.63) is 343 Å². The molecule has 0 radical (unpaired) electrons. The van der Waals surface area contributed by atoms with Gasteiger partial charge in [0.2, 0.25) is 0 Å². The normalized spacial score (nSPS) is 10.5. The van der Waals surface area contributed by atoms with E-state index < -0.39 is 0 Å². The van der Waals surface area contributed by atoms with E-state index in [1.807, 2.05) is 68.4 Å². The molecule has 3 N–H and O–H groups in total. The Morgan fingerprint density at radius 3 is 0.699 bits per heavy atom. The van der Waals surface area contributed by atoms with E-state index >= 15 is 0 Å². The second-order valence-electron chi connectivity index (χ2n) is 20.1. The third kappa shape index (κ3) is 14.0. The number of benzene rings is 12. The predicted molar refractivity (Wildman–Crippen MR) is 356 cm³/mol. The topological polar surface area (TPSA) is 51.0 Å². The van der Waals surface area contributed by atoms with Crippen LogP contribution in [0.4, 0.5) is 85.3 Å². The minimum atomic E-state index is 0.677. The van der Waals surface area contributed by atoms with Gasteiger partial charge in [-0.1, -0.05) is 194 Å². The molecule has 12 aromatic rings. The van der Waals surface area contributed by atoms with Crippen LogP contribution in [0.2, 0.25) is 5.02 Å². The number of anilines is 15. The van der Waals surface area contributed by atoms with Gasteiger partial charge in [-0.2, -0.15) is 0 Å². The monoisotopic (exact) mass is 1100 g/mol. The number of aryl methyl sites for hydroxylation is 4. The van der Waals surface area contributed by atoms with Gasteiger partial charge < -0.3 is 30.7 Å². The number of halogens is 1. The quantitative estimate of drug-likeness (QED) is 0.106. The van der Waals surface area contributed by atoms with Gasteiger partial charge in [0.05, 0.1) is 11.4 Å². The van der Waals surface area contributed by atoms with Crippen LogP contribution >= 0.6 is 11.6 Å². The first kappa shape index (κ1) is 56.0. The second-order valence-corrected chi connectivity index (χ2v) is 20.6. The average Bonchev–Trinajstić information content (AvgIpc) is 3.52. The molecule has 7 heteroatoms. The lowest BCUT2D eigenvalue weighted by molar-refractivity contribution is 1.25. The van der Waals surface area contributed by atoms with Crippen LogP contribution in [0.15, 0.2) is 315 Å². The van der Waals surface area contributed by atoms with E-state index in [1.54, 1.807) is 0 Å². The van der Waals surface area contributed by atoms with Crippen LogP contribution in [0, 0.1) is 27.7 Å². The van der Waals surface area contributed by atoms with Crippen molar-refractivity contribution in [3.63, 3.8) is 0 Å². The molecule has 0 atom stereocenters. The first-order chi connectivity index (χ1) is 40.7. The maximum atomic E-state index is 6.73. The van der Waals surface area contributed by atoms with Gasteiger partial charge in [0.1, 0.15) is 0 Å². The number of nitrogens with zero attached hydrogens (tertiary/aromatic N) is 4. The van der Waals surface area contributed by atoms with Crippen molar-refractivity contribution in [3.8, 4) is 0 Å². The molecular formula is C76H67ClN6. The molecule has 0 fully saturated rings. The maximum absolute atomic E-state index is 6.73. The van der Waals surface area contributed by atoms with Crippen LogP contribution in [-0.2, 0) is 0 Å². The smallest absolute Gasteiger partial charge is 0.0503 e. The van der Waals surface area contributed by atoms with Gasteiger partial charge in [-0.15, -0.1) is 0 Å². The fraction of sp³-hybridized carbons (Fsp3) is 0.0526. The van der Waals surface area contributed by atoms with E-state index in [2.05, 4.69) is 300 Å². The van der Waals surface area contributed by atoms with Gasteiger partial charge in [0.15, 0.2) is 0 Å². The highest BCUT2D eigenvalue weighted by Gasteiger charge is 2.21. The summed E-state index contributed by atoms with van der Waals surface area (Å²) in [7, 11) is 0. The number of hydrogen-bond donors (Lipinski definition) is 2. The van der Waals surface area contributed by atoms with Crippen LogP contribution in [0.1, 0.15) is 22.3 Å².